The molecule has 0 saturated heterocycles. The first-order valence-corrected chi connectivity index (χ1v) is 11.8. The van der Waals surface area contributed by atoms with Gasteiger partial charge in [0, 0.05) is 19.0 Å². The Labute approximate surface area is 187 Å². The van der Waals surface area contributed by atoms with Gasteiger partial charge in [0.05, 0.1) is 0 Å². The summed E-state index contributed by atoms with van der Waals surface area (Å²) in [5, 5.41) is 3.20. The van der Waals surface area contributed by atoms with Crippen LogP contribution in [0.15, 0.2) is 54.6 Å². The highest BCUT2D eigenvalue weighted by Gasteiger charge is 2.30. The van der Waals surface area contributed by atoms with E-state index in [0.717, 1.165) is 30.4 Å². The van der Waals surface area contributed by atoms with Gasteiger partial charge in [0.1, 0.15) is 6.04 Å². The average molecular weight is 421 g/mol. The molecule has 31 heavy (non-hydrogen) atoms. The molecule has 0 bridgehead atoms. The van der Waals surface area contributed by atoms with Crippen LogP contribution in [0.2, 0.25) is 0 Å². The second kappa shape index (κ2) is 11.7. The first-order chi connectivity index (χ1) is 15.1. The Hall–Kier alpha value is -2.62. The second-order valence-electron chi connectivity index (χ2n) is 8.59. The molecule has 1 saturated carbocycles. The number of rotatable bonds is 10. The summed E-state index contributed by atoms with van der Waals surface area (Å²) in [6, 6.07) is 18.3. The number of hydrogen-bond donors (Lipinski definition) is 1. The highest BCUT2D eigenvalue weighted by atomic mass is 16.2. The zero-order valence-corrected chi connectivity index (χ0v) is 19.0. The molecular weight excluding hydrogens is 384 g/mol. The molecule has 1 atom stereocenters. The maximum atomic E-state index is 13.3. The Kier molecular flexibility index (Phi) is 8.69. The number of aryl methyl sites for hydroxylation is 2. The zero-order chi connectivity index (χ0) is 22.1. The molecule has 2 aromatic rings. The monoisotopic (exact) mass is 420 g/mol. The van der Waals surface area contributed by atoms with Crippen LogP contribution in [0.4, 0.5) is 0 Å². The Morgan fingerprint density at radius 3 is 2.19 bits per heavy atom. The van der Waals surface area contributed by atoms with Crippen molar-refractivity contribution in [1.29, 1.82) is 0 Å². The van der Waals surface area contributed by atoms with Crippen molar-refractivity contribution in [2.75, 3.05) is 0 Å². The minimum atomic E-state index is -0.434. The van der Waals surface area contributed by atoms with Crippen molar-refractivity contribution < 1.29 is 9.59 Å². The molecule has 0 radical (unpaired) electrons. The summed E-state index contributed by atoms with van der Waals surface area (Å²) in [5.74, 6) is 0.0304. The number of nitrogens with zero attached hydrogens (tertiary/aromatic N) is 1. The lowest BCUT2D eigenvalue weighted by molar-refractivity contribution is -0.141. The van der Waals surface area contributed by atoms with E-state index in [1.165, 1.54) is 18.4 Å². The second-order valence-corrected chi connectivity index (χ2v) is 8.59. The van der Waals surface area contributed by atoms with Gasteiger partial charge in [-0.15, -0.1) is 0 Å². The van der Waals surface area contributed by atoms with Gasteiger partial charge in [0.2, 0.25) is 11.8 Å². The smallest absolute Gasteiger partial charge is 0.243 e. The zero-order valence-electron chi connectivity index (χ0n) is 19.0. The minimum absolute atomic E-state index is 0.00835. The molecule has 0 aliphatic heterocycles. The van der Waals surface area contributed by atoms with E-state index in [0.29, 0.717) is 25.8 Å². The molecule has 0 aromatic heterocycles. The molecule has 3 rings (SSSR count). The Morgan fingerprint density at radius 2 is 1.58 bits per heavy atom. The van der Waals surface area contributed by atoms with Gasteiger partial charge in [0.25, 0.3) is 0 Å². The number of carbonyl (C=O) groups is 2. The van der Waals surface area contributed by atoms with Crippen molar-refractivity contribution >= 4 is 11.8 Å². The molecule has 1 aliphatic rings. The minimum Gasteiger partial charge on any atom is -0.352 e. The molecular formula is C27H36N2O2. The molecule has 4 heteroatoms. The number of amides is 2. The average Bonchev–Trinajstić information content (AvgIpc) is 3.31. The fourth-order valence-electron chi connectivity index (χ4n) is 4.40. The summed E-state index contributed by atoms with van der Waals surface area (Å²) in [5.41, 5.74) is 3.51. The van der Waals surface area contributed by atoms with Crippen molar-refractivity contribution in [3.63, 3.8) is 0 Å². The predicted octanol–water partition coefficient (Wildman–Crippen LogP) is 5.05. The van der Waals surface area contributed by atoms with Gasteiger partial charge in [-0.05, 0) is 48.8 Å². The van der Waals surface area contributed by atoms with Crippen LogP contribution in [0.5, 0.6) is 0 Å². The van der Waals surface area contributed by atoms with Gasteiger partial charge in [-0.3, -0.25) is 9.59 Å². The maximum absolute atomic E-state index is 13.3. The fraction of sp³-hybridized carbons (Fsp3) is 0.481. The third kappa shape index (κ3) is 6.68. The van der Waals surface area contributed by atoms with E-state index in [1.54, 1.807) is 4.90 Å². The van der Waals surface area contributed by atoms with E-state index in [4.69, 9.17) is 0 Å². The molecule has 1 N–H and O–H groups in total. The van der Waals surface area contributed by atoms with Crippen LogP contribution >= 0.6 is 0 Å². The van der Waals surface area contributed by atoms with E-state index in [-0.39, 0.29) is 17.9 Å². The van der Waals surface area contributed by atoms with Crippen molar-refractivity contribution in [2.24, 2.45) is 0 Å². The van der Waals surface area contributed by atoms with Crippen molar-refractivity contribution in [2.45, 2.75) is 83.8 Å². The summed E-state index contributed by atoms with van der Waals surface area (Å²) in [6.45, 7) is 4.60. The van der Waals surface area contributed by atoms with Gasteiger partial charge < -0.3 is 10.2 Å². The summed E-state index contributed by atoms with van der Waals surface area (Å²) < 4.78 is 0. The van der Waals surface area contributed by atoms with Crippen LogP contribution in [0, 0.1) is 0 Å². The van der Waals surface area contributed by atoms with Crippen LogP contribution < -0.4 is 5.32 Å². The molecule has 0 unspecified atom stereocenters. The lowest BCUT2D eigenvalue weighted by atomic mass is 10.0. The van der Waals surface area contributed by atoms with Crippen LogP contribution in [-0.4, -0.2) is 28.8 Å². The third-order valence-electron chi connectivity index (χ3n) is 6.34. The number of nitrogens with one attached hydrogen (secondary N) is 1. The molecule has 4 nitrogen and oxygen atoms in total. The van der Waals surface area contributed by atoms with E-state index in [9.17, 15) is 9.59 Å². The quantitative estimate of drug-likeness (QED) is 0.585. The van der Waals surface area contributed by atoms with Crippen molar-refractivity contribution in [3.8, 4) is 0 Å². The maximum Gasteiger partial charge on any atom is 0.243 e. The summed E-state index contributed by atoms with van der Waals surface area (Å²) in [7, 11) is 0. The fourth-order valence-corrected chi connectivity index (χ4v) is 4.40. The van der Waals surface area contributed by atoms with Gasteiger partial charge in [-0.2, -0.15) is 0 Å². The lowest BCUT2D eigenvalue weighted by Gasteiger charge is -2.31. The van der Waals surface area contributed by atoms with E-state index in [2.05, 4.69) is 36.5 Å². The third-order valence-corrected chi connectivity index (χ3v) is 6.34. The normalized spacial score (nSPS) is 14.9. The molecule has 1 aliphatic carbocycles. The number of hydrogen-bond acceptors (Lipinski definition) is 2. The van der Waals surface area contributed by atoms with Crippen molar-refractivity contribution in [3.05, 3.63) is 71.3 Å². The predicted molar refractivity (Wildman–Crippen MR) is 126 cm³/mol. The van der Waals surface area contributed by atoms with Crippen molar-refractivity contribution in [1.82, 2.24) is 10.2 Å². The summed E-state index contributed by atoms with van der Waals surface area (Å²) in [6.07, 6.45) is 7.16. The summed E-state index contributed by atoms with van der Waals surface area (Å²) >= 11 is 0. The number of carbonyl (C=O) groups excluding carboxylic acids is 2. The number of benzene rings is 2. The Bertz CT molecular complexity index is 826. The standard InChI is InChI=1S/C27H36N2O2/c1-3-21-14-16-22(17-15-21)18-19-26(30)29(20-23-10-6-5-7-11-23)25(4-2)27(31)28-24-12-8-9-13-24/h5-7,10-11,14-17,24-25H,3-4,8-9,12-13,18-20H2,1-2H3,(H,28,31)/t25-/m1/s1. The SMILES string of the molecule is CCc1ccc(CCC(=O)N(Cc2ccccc2)[C@H](CC)C(=O)NC2CCCC2)cc1. The van der Waals surface area contributed by atoms with Crippen LogP contribution in [0.1, 0.15) is 69.1 Å². The van der Waals surface area contributed by atoms with Gasteiger partial charge in [-0.25, -0.2) is 0 Å². The summed E-state index contributed by atoms with van der Waals surface area (Å²) in [4.78, 5) is 28.2. The topological polar surface area (TPSA) is 49.4 Å². The first-order valence-electron chi connectivity index (χ1n) is 11.8. The Balaban J connectivity index is 1.71. The van der Waals surface area contributed by atoms with Gasteiger partial charge in [0.15, 0.2) is 0 Å². The van der Waals surface area contributed by atoms with Crippen LogP contribution in [0.25, 0.3) is 0 Å². The lowest BCUT2D eigenvalue weighted by Crippen LogP contribution is -2.51. The molecule has 2 aromatic carbocycles. The molecule has 2 amide bonds. The van der Waals surface area contributed by atoms with E-state index < -0.39 is 6.04 Å². The highest BCUT2D eigenvalue weighted by Crippen LogP contribution is 2.20. The highest BCUT2D eigenvalue weighted by molar-refractivity contribution is 5.88. The van der Waals surface area contributed by atoms with E-state index in [1.807, 2.05) is 37.3 Å². The first kappa shape index (κ1) is 23.1. The van der Waals surface area contributed by atoms with Gasteiger partial charge in [-0.1, -0.05) is 81.3 Å². The molecule has 1 fully saturated rings. The van der Waals surface area contributed by atoms with Gasteiger partial charge >= 0.3 is 0 Å². The largest absolute Gasteiger partial charge is 0.352 e. The Morgan fingerprint density at radius 1 is 0.935 bits per heavy atom. The van der Waals surface area contributed by atoms with Crippen LogP contribution in [0.3, 0.4) is 0 Å². The molecule has 0 spiro atoms. The van der Waals surface area contributed by atoms with Crippen LogP contribution in [-0.2, 0) is 29.0 Å². The molecule has 0 heterocycles. The molecule has 166 valence electrons. The van der Waals surface area contributed by atoms with E-state index >= 15 is 0 Å².